The van der Waals surface area contributed by atoms with Crippen LogP contribution in [0.1, 0.15) is 19.8 Å². The number of benzene rings is 3. The zero-order chi connectivity index (χ0) is 19.5. The van der Waals surface area contributed by atoms with E-state index in [1.807, 2.05) is 0 Å². The van der Waals surface area contributed by atoms with Gasteiger partial charge >= 0.3 is 127 Å². The van der Waals surface area contributed by atoms with Gasteiger partial charge in [0.05, 0.1) is 6.42 Å². The maximum atomic E-state index is 10.1. The predicted octanol–water partition coefficient (Wildman–Crippen LogP) is 2.64. The number of aliphatic carboxylic acids is 1. The summed E-state index contributed by atoms with van der Waals surface area (Å²) in [6.45, 7) is 1.38. The van der Waals surface area contributed by atoms with Crippen molar-refractivity contribution >= 4 is 42.3 Å². The molecule has 3 aromatic carbocycles. The zero-order valence-corrected chi connectivity index (χ0v) is 18.2. The zero-order valence-electron chi connectivity index (χ0n) is 15.3. The third kappa shape index (κ3) is 7.39. The van der Waals surface area contributed by atoms with Crippen LogP contribution in [-0.2, 0) is 9.59 Å². The van der Waals surface area contributed by atoms with Crippen molar-refractivity contribution in [2.75, 3.05) is 0 Å². The molecule has 3 aromatic rings. The Labute approximate surface area is 167 Å². The molecule has 0 heterocycles. The van der Waals surface area contributed by atoms with Crippen molar-refractivity contribution in [2.24, 2.45) is 0 Å². The van der Waals surface area contributed by atoms with Crippen LogP contribution >= 0.6 is 0 Å². The van der Waals surface area contributed by atoms with Crippen LogP contribution in [0.4, 0.5) is 0 Å². The first-order chi connectivity index (χ1) is 13.1. The molecule has 0 amide bonds. The van der Waals surface area contributed by atoms with E-state index in [2.05, 4.69) is 91.0 Å². The van der Waals surface area contributed by atoms with Gasteiger partial charge in [0.1, 0.15) is 5.78 Å². The number of carboxylic acids is 1. The molecule has 4 heteroatoms. The molecule has 3 rings (SSSR count). The van der Waals surface area contributed by atoms with E-state index in [-0.39, 0.29) is 18.6 Å². The number of carbonyl (C=O) groups excluding carboxylic acids is 1. The van der Waals surface area contributed by atoms with Crippen molar-refractivity contribution in [3.05, 3.63) is 91.0 Å². The van der Waals surface area contributed by atoms with E-state index >= 15 is 0 Å². The first-order valence-corrected chi connectivity index (χ1v) is 13.1. The number of carboxylic acid groups (broad SMARTS) is 1. The summed E-state index contributed by atoms with van der Waals surface area (Å²) < 4.78 is 4.59. The SMILES string of the molecule is CC(=O)CCC(=O)O.c1cc[c]([Sn]([c]2ccccc2)[c]2ccccc2)cc1. The van der Waals surface area contributed by atoms with Crippen LogP contribution in [0.25, 0.3) is 0 Å². The molecule has 3 nitrogen and oxygen atoms in total. The molecule has 0 aliphatic carbocycles. The molecule has 1 radical (unpaired) electrons. The second-order valence-corrected chi connectivity index (χ2v) is 13.2. The number of ketones is 1. The second kappa shape index (κ2) is 11.3. The fourth-order valence-electron chi connectivity index (χ4n) is 2.60. The number of hydrogen-bond donors (Lipinski definition) is 1. The van der Waals surface area contributed by atoms with E-state index in [9.17, 15) is 9.59 Å². The summed E-state index contributed by atoms with van der Waals surface area (Å²) in [4.78, 5) is 19.8. The average Bonchev–Trinajstić information content (AvgIpc) is 2.70. The molecule has 137 valence electrons. The van der Waals surface area contributed by atoms with E-state index < -0.39 is 25.7 Å². The Morgan fingerprint density at radius 2 is 1.00 bits per heavy atom. The predicted molar refractivity (Wildman–Crippen MR) is 112 cm³/mol. The molecule has 0 atom stereocenters. The molecule has 0 saturated carbocycles. The summed E-state index contributed by atoms with van der Waals surface area (Å²) in [6.07, 6.45) is 0.102. The number of carbonyl (C=O) groups is 2. The minimum absolute atomic E-state index is 0.0463. The quantitative estimate of drug-likeness (QED) is 0.569. The normalized spacial score (nSPS) is 10.0. The molecule has 0 aromatic heterocycles. The summed E-state index contributed by atoms with van der Waals surface area (Å²) in [5.41, 5.74) is 0. The van der Waals surface area contributed by atoms with E-state index in [1.54, 1.807) is 0 Å². The van der Waals surface area contributed by atoms with Gasteiger partial charge in [0, 0.05) is 6.42 Å². The van der Waals surface area contributed by atoms with Gasteiger partial charge in [0.25, 0.3) is 0 Å². The Kier molecular flexibility index (Phi) is 8.78. The molecule has 0 aliphatic heterocycles. The number of Topliss-reactive ketones (excluding diaryl/α,β-unsaturated/α-hetero) is 1. The molecule has 1 N–H and O–H groups in total. The van der Waals surface area contributed by atoms with E-state index in [4.69, 9.17) is 5.11 Å². The summed E-state index contributed by atoms with van der Waals surface area (Å²) in [5, 5.41) is 8.01. The minimum atomic E-state index is -1.98. The Hall–Kier alpha value is -2.40. The molecule has 0 fully saturated rings. The molecule has 0 spiro atoms. The first kappa shape index (κ1) is 20.9. The van der Waals surface area contributed by atoms with Gasteiger partial charge in [-0.1, -0.05) is 0 Å². The Bertz CT molecular complexity index is 725. The van der Waals surface area contributed by atoms with Crippen LogP contribution in [0, 0.1) is 0 Å². The molecule has 0 bridgehead atoms. The third-order valence-electron chi connectivity index (χ3n) is 3.88. The van der Waals surface area contributed by atoms with Crippen LogP contribution < -0.4 is 10.7 Å². The molecule has 0 aliphatic rings. The van der Waals surface area contributed by atoms with Crippen LogP contribution in [0.2, 0.25) is 0 Å². The number of rotatable bonds is 6. The summed E-state index contributed by atoms with van der Waals surface area (Å²) in [7, 11) is 0. The topological polar surface area (TPSA) is 54.4 Å². The van der Waals surface area contributed by atoms with E-state index in [1.165, 1.54) is 17.7 Å². The van der Waals surface area contributed by atoms with Gasteiger partial charge < -0.3 is 9.90 Å². The van der Waals surface area contributed by atoms with Gasteiger partial charge in [-0.25, -0.2) is 0 Å². The van der Waals surface area contributed by atoms with E-state index in [0.717, 1.165) is 0 Å². The van der Waals surface area contributed by atoms with Gasteiger partial charge in [0.2, 0.25) is 0 Å². The molecule has 0 saturated heterocycles. The summed E-state index contributed by atoms with van der Waals surface area (Å²) in [5.74, 6) is -0.993. The van der Waals surface area contributed by atoms with Crippen LogP contribution in [0.15, 0.2) is 91.0 Å². The Balaban J connectivity index is 0.000000279. The first-order valence-electron chi connectivity index (χ1n) is 8.82. The van der Waals surface area contributed by atoms with Gasteiger partial charge in [-0.15, -0.1) is 0 Å². The second-order valence-electron chi connectivity index (χ2n) is 6.07. The molecule has 27 heavy (non-hydrogen) atoms. The van der Waals surface area contributed by atoms with Crippen molar-refractivity contribution in [3.8, 4) is 0 Å². The van der Waals surface area contributed by atoms with Crippen LogP contribution in [0.3, 0.4) is 0 Å². The standard InChI is InChI=1S/3C6H5.C5H8O3.Sn/c3*1-2-4-6-5-3-1;1-4(6)2-3-5(7)8;/h3*1-5H;2-3H2,1H3,(H,7,8);. The van der Waals surface area contributed by atoms with Crippen molar-refractivity contribution in [3.63, 3.8) is 0 Å². The Morgan fingerprint density at radius 1 is 0.667 bits per heavy atom. The van der Waals surface area contributed by atoms with Crippen molar-refractivity contribution in [1.29, 1.82) is 0 Å². The number of hydrogen-bond acceptors (Lipinski definition) is 2. The fraction of sp³-hybridized carbons (Fsp3) is 0.130. The fourth-order valence-corrected chi connectivity index (χ4v) is 9.95. The van der Waals surface area contributed by atoms with Crippen molar-refractivity contribution in [2.45, 2.75) is 19.8 Å². The average molecular weight is 466 g/mol. The maximum absolute atomic E-state index is 10.1. The van der Waals surface area contributed by atoms with Gasteiger partial charge in [-0.2, -0.15) is 0 Å². The van der Waals surface area contributed by atoms with Crippen molar-refractivity contribution < 1.29 is 14.7 Å². The summed E-state index contributed by atoms with van der Waals surface area (Å²) >= 11 is -1.98. The van der Waals surface area contributed by atoms with Gasteiger partial charge in [-0.3, -0.25) is 4.79 Å². The van der Waals surface area contributed by atoms with Gasteiger partial charge in [-0.05, 0) is 6.92 Å². The Morgan fingerprint density at radius 3 is 1.22 bits per heavy atom. The van der Waals surface area contributed by atoms with Gasteiger partial charge in [0.15, 0.2) is 0 Å². The third-order valence-corrected chi connectivity index (χ3v) is 11.7. The van der Waals surface area contributed by atoms with Crippen molar-refractivity contribution in [1.82, 2.24) is 0 Å². The molecular formula is C23H23O3Sn. The summed E-state index contributed by atoms with van der Waals surface area (Å²) in [6, 6.07) is 32.9. The van der Waals surface area contributed by atoms with E-state index in [0.29, 0.717) is 0 Å². The molecular weight excluding hydrogens is 443 g/mol. The van der Waals surface area contributed by atoms with Crippen LogP contribution in [-0.4, -0.2) is 36.6 Å². The monoisotopic (exact) mass is 467 g/mol. The molecule has 0 unspecified atom stereocenters. The van der Waals surface area contributed by atoms with Crippen LogP contribution in [0.5, 0.6) is 0 Å².